The van der Waals surface area contributed by atoms with E-state index in [9.17, 15) is 4.79 Å². The first-order chi connectivity index (χ1) is 14.2. The van der Waals surface area contributed by atoms with Gasteiger partial charge in [0.2, 0.25) is 11.7 Å². The molecule has 0 bridgehead atoms. The van der Waals surface area contributed by atoms with Gasteiger partial charge in [0.05, 0.1) is 7.11 Å². The molecular weight excluding hydrogens is 370 g/mol. The summed E-state index contributed by atoms with van der Waals surface area (Å²) in [5.41, 5.74) is 0.881. The Bertz CT molecular complexity index is 932. The first kappa shape index (κ1) is 19.0. The molecule has 29 heavy (non-hydrogen) atoms. The van der Waals surface area contributed by atoms with E-state index in [1.807, 2.05) is 59.5 Å². The van der Waals surface area contributed by atoms with Crippen LogP contribution < -0.4 is 9.47 Å². The fraction of sp³-hybridized carbons (Fsp3) is 0.318. The normalized spacial score (nSPS) is 14.6. The largest absolute Gasteiger partial charge is 0.497 e. The summed E-state index contributed by atoms with van der Waals surface area (Å²) in [6.45, 7) is 1.36. The summed E-state index contributed by atoms with van der Waals surface area (Å²) >= 11 is 0. The van der Waals surface area contributed by atoms with Crippen LogP contribution in [-0.2, 0) is 4.79 Å². The number of amides is 1. The van der Waals surface area contributed by atoms with E-state index >= 15 is 0 Å². The first-order valence-corrected chi connectivity index (χ1v) is 9.66. The van der Waals surface area contributed by atoms with Gasteiger partial charge < -0.3 is 18.9 Å². The summed E-state index contributed by atoms with van der Waals surface area (Å²) < 4.78 is 16.2. The molecule has 1 amide bonds. The summed E-state index contributed by atoms with van der Waals surface area (Å²) in [5, 5.41) is 4.11. The fourth-order valence-electron chi connectivity index (χ4n) is 3.39. The molecular formula is C22H23N3O4. The monoisotopic (exact) mass is 393 g/mol. The van der Waals surface area contributed by atoms with Crippen molar-refractivity contribution in [2.24, 2.45) is 0 Å². The highest BCUT2D eigenvalue weighted by atomic mass is 16.5. The summed E-state index contributed by atoms with van der Waals surface area (Å²) in [5.74, 6) is 2.84. The zero-order valence-electron chi connectivity index (χ0n) is 16.3. The Hall–Kier alpha value is -3.35. The lowest BCUT2D eigenvalue weighted by molar-refractivity contribution is -0.134. The van der Waals surface area contributed by atoms with Crippen LogP contribution in [0.1, 0.15) is 24.7 Å². The van der Waals surface area contributed by atoms with Gasteiger partial charge in [-0.3, -0.25) is 4.79 Å². The lowest BCUT2D eigenvalue weighted by Crippen LogP contribution is -2.40. The molecule has 2 heterocycles. The van der Waals surface area contributed by atoms with Crippen LogP contribution in [-0.4, -0.2) is 47.8 Å². The summed E-state index contributed by atoms with van der Waals surface area (Å²) in [6, 6.07) is 16.9. The number of rotatable bonds is 6. The average Bonchev–Trinajstić information content (AvgIpc) is 3.29. The van der Waals surface area contributed by atoms with Crippen molar-refractivity contribution in [3.63, 3.8) is 0 Å². The number of piperidine rings is 1. The number of hydrogen-bond acceptors (Lipinski definition) is 6. The van der Waals surface area contributed by atoms with Crippen LogP contribution in [0.3, 0.4) is 0 Å². The Morgan fingerprint density at radius 3 is 2.48 bits per heavy atom. The Balaban J connectivity index is 1.30. The molecule has 1 fully saturated rings. The van der Waals surface area contributed by atoms with Crippen LogP contribution in [0.2, 0.25) is 0 Å². The number of para-hydroxylation sites is 1. The predicted octanol–water partition coefficient (Wildman–Crippen LogP) is 3.53. The Kier molecular flexibility index (Phi) is 5.74. The van der Waals surface area contributed by atoms with Crippen molar-refractivity contribution in [1.82, 2.24) is 15.0 Å². The molecule has 4 rings (SSSR count). The maximum atomic E-state index is 12.4. The van der Waals surface area contributed by atoms with Crippen LogP contribution >= 0.6 is 0 Å². The first-order valence-electron chi connectivity index (χ1n) is 9.66. The maximum Gasteiger partial charge on any atom is 0.260 e. The van der Waals surface area contributed by atoms with E-state index in [1.54, 1.807) is 7.11 Å². The zero-order valence-corrected chi connectivity index (χ0v) is 16.3. The lowest BCUT2D eigenvalue weighted by Gasteiger charge is -2.30. The van der Waals surface area contributed by atoms with Crippen molar-refractivity contribution in [3.8, 4) is 22.9 Å². The van der Waals surface area contributed by atoms with Gasteiger partial charge in [-0.15, -0.1) is 0 Å². The number of hydrogen-bond donors (Lipinski definition) is 0. The van der Waals surface area contributed by atoms with E-state index in [0.717, 1.165) is 24.2 Å². The number of benzene rings is 2. The molecule has 1 saturated heterocycles. The minimum Gasteiger partial charge on any atom is -0.497 e. The van der Waals surface area contributed by atoms with Crippen molar-refractivity contribution in [2.75, 3.05) is 26.8 Å². The van der Waals surface area contributed by atoms with Crippen LogP contribution in [0.5, 0.6) is 11.5 Å². The molecule has 0 aliphatic carbocycles. The highest BCUT2D eigenvalue weighted by Gasteiger charge is 2.27. The third-order valence-corrected chi connectivity index (χ3v) is 5.09. The van der Waals surface area contributed by atoms with E-state index < -0.39 is 0 Å². The highest BCUT2D eigenvalue weighted by molar-refractivity contribution is 5.77. The smallest absolute Gasteiger partial charge is 0.260 e. The highest BCUT2D eigenvalue weighted by Crippen LogP contribution is 2.29. The Labute approximate surface area is 169 Å². The van der Waals surface area contributed by atoms with E-state index in [2.05, 4.69) is 10.1 Å². The molecule has 1 aliphatic rings. The predicted molar refractivity (Wildman–Crippen MR) is 107 cm³/mol. The molecule has 0 unspecified atom stereocenters. The molecule has 3 aromatic rings. The number of nitrogens with zero attached hydrogens (tertiary/aromatic N) is 3. The quantitative estimate of drug-likeness (QED) is 0.638. The van der Waals surface area contributed by atoms with E-state index in [-0.39, 0.29) is 18.4 Å². The van der Waals surface area contributed by atoms with Crippen molar-refractivity contribution in [3.05, 3.63) is 60.5 Å². The molecule has 150 valence electrons. The summed E-state index contributed by atoms with van der Waals surface area (Å²) in [7, 11) is 1.63. The maximum absolute atomic E-state index is 12.4. The lowest BCUT2D eigenvalue weighted by atomic mass is 9.97. The third-order valence-electron chi connectivity index (χ3n) is 5.09. The molecule has 7 heteroatoms. The molecule has 2 aromatic carbocycles. The SMILES string of the molecule is COc1ccc(-c2noc(C3CCN(C(=O)COc4ccccc4)CC3)n2)cc1. The van der Waals surface area contributed by atoms with E-state index in [0.29, 0.717) is 30.6 Å². The van der Waals surface area contributed by atoms with Crippen LogP contribution in [0.4, 0.5) is 0 Å². The minimum absolute atomic E-state index is 0.00301. The van der Waals surface area contributed by atoms with Gasteiger partial charge in [0.25, 0.3) is 5.91 Å². The number of aromatic nitrogens is 2. The van der Waals surface area contributed by atoms with E-state index in [4.69, 9.17) is 14.0 Å². The summed E-state index contributed by atoms with van der Waals surface area (Å²) in [6.07, 6.45) is 1.59. The van der Waals surface area contributed by atoms with Gasteiger partial charge >= 0.3 is 0 Å². The molecule has 7 nitrogen and oxygen atoms in total. The van der Waals surface area contributed by atoms with Crippen molar-refractivity contribution < 1.29 is 18.8 Å². The van der Waals surface area contributed by atoms with Gasteiger partial charge in [-0.2, -0.15) is 4.98 Å². The Morgan fingerprint density at radius 2 is 1.79 bits per heavy atom. The molecule has 0 spiro atoms. The van der Waals surface area contributed by atoms with E-state index in [1.165, 1.54) is 0 Å². The molecule has 0 atom stereocenters. The molecule has 0 N–H and O–H groups in total. The second kappa shape index (κ2) is 8.77. The van der Waals surface area contributed by atoms with Gasteiger partial charge in [0.15, 0.2) is 6.61 Å². The van der Waals surface area contributed by atoms with Crippen molar-refractivity contribution in [2.45, 2.75) is 18.8 Å². The molecule has 1 aromatic heterocycles. The second-order valence-electron chi connectivity index (χ2n) is 6.94. The number of methoxy groups -OCH3 is 1. The van der Waals surface area contributed by atoms with Gasteiger partial charge in [0.1, 0.15) is 11.5 Å². The second-order valence-corrected chi connectivity index (χ2v) is 6.94. The van der Waals surface area contributed by atoms with Gasteiger partial charge in [0, 0.05) is 24.6 Å². The molecule has 1 aliphatic heterocycles. The average molecular weight is 393 g/mol. The van der Waals surface area contributed by atoms with Gasteiger partial charge in [-0.05, 0) is 49.2 Å². The number of carbonyl (C=O) groups excluding carboxylic acids is 1. The standard InChI is InChI=1S/C22H23N3O4/c1-27-18-9-7-16(8-10-18)21-23-22(29-24-21)17-11-13-25(14-12-17)20(26)15-28-19-5-3-2-4-6-19/h2-10,17H,11-15H2,1H3. The minimum atomic E-state index is -0.00301. The molecule has 0 saturated carbocycles. The zero-order chi connectivity index (χ0) is 20.1. The number of ether oxygens (including phenoxy) is 2. The molecule has 0 radical (unpaired) electrons. The van der Waals surface area contributed by atoms with Crippen LogP contribution in [0.25, 0.3) is 11.4 Å². The topological polar surface area (TPSA) is 77.7 Å². The summed E-state index contributed by atoms with van der Waals surface area (Å²) in [4.78, 5) is 18.8. The fourth-order valence-corrected chi connectivity index (χ4v) is 3.39. The van der Waals surface area contributed by atoms with Crippen LogP contribution in [0.15, 0.2) is 59.1 Å². The van der Waals surface area contributed by atoms with Gasteiger partial charge in [-0.1, -0.05) is 23.4 Å². The van der Waals surface area contributed by atoms with Crippen molar-refractivity contribution in [1.29, 1.82) is 0 Å². The number of carbonyl (C=O) groups is 1. The van der Waals surface area contributed by atoms with Crippen LogP contribution in [0, 0.1) is 0 Å². The number of likely N-dealkylation sites (tertiary alicyclic amines) is 1. The van der Waals surface area contributed by atoms with Gasteiger partial charge in [-0.25, -0.2) is 0 Å². The third kappa shape index (κ3) is 4.56. The van der Waals surface area contributed by atoms with Crippen molar-refractivity contribution >= 4 is 5.91 Å². The Morgan fingerprint density at radius 1 is 1.07 bits per heavy atom.